The third-order valence-electron chi connectivity index (χ3n) is 5.07. The van der Waals surface area contributed by atoms with Gasteiger partial charge in [0.15, 0.2) is 0 Å². The molecule has 8 heteroatoms. The van der Waals surface area contributed by atoms with E-state index < -0.39 is 16.9 Å². The minimum absolute atomic E-state index is 0.839. The van der Waals surface area contributed by atoms with Gasteiger partial charge in [-0.3, -0.25) is 0 Å². The van der Waals surface area contributed by atoms with Gasteiger partial charge < -0.3 is 9.05 Å². The van der Waals surface area contributed by atoms with Gasteiger partial charge in [0, 0.05) is 58.4 Å². The Labute approximate surface area is 188 Å². The van der Waals surface area contributed by atoms with Crippen molar-refractivity contribution in [1.29, 1.82) is 0 Å². The molecule has 30 heavy (non-hydrogen) atoms. The van der Waals surface area contributed by atoms with Crippen molar-refractivity contribution >= 4 is 16.9 Å². The normalized spacial score (nSPS) is 12.2. The first-order valence-electron chi connectivity index (χ1n) is 11.6. The fraction of sp³-hybridized carbons (Fsp3) is 0.727. The standard InChI is InChI=1S/C22H44N4O2P2/c1-9-23(10-2)29(24(11-3)12-4)27-21-18-17-19-22(20-21)28-30(25(13-5)14-6)26(15-7)16-8/h17-20H,9-16H2,1-8H3. The van der Waals surface area contributed by atoms with Gasteiger partial charge in [0.1, 0.15) is 11.5 Å². The van der Waals surface area contributed by atoms with Crippen LogP contribution in [-0.2, 0) is 0 Å². The lowest BCUT2D eigenvalue weighted by atomic mass is 10.3. The Morgan fingerprint density at radius 2 is 0.800 bits per heavy atom. The number of benzene rings is 1. The quantitative estimate of drug-likeness (QED) is 0.272. The lowest BCUT2D eigenvalue weighted by Gasteiger charge is -2.36. The summed E-state index contributed by atoms with van der Waals surface area (Å²) in [5, 5.41) is 0. The smallest absolute Gasteiger partial charge is 0.248 e. The van der Waals surface area contributed by atoms with Crippen LogP contribution in [0.5, 0.6) is 11.5 Å². The van der Waals surface area contributed by atoms with Crippen molar-refractivity contribution in [2.24, 2.45) is 0 Å². The third kappa shape index (κ3) is 7.89. The number of hydrogen-bond donors (Lipinski definition) is 0. The van der Waals surface area contributed by atoms with E-state index in [1.54, 1.807) is 0 Å². The Bertz CT molecular complexity index is 497. The summed E-state index contributed by atoms with van der Waals surface area (Å²) >= 11 is 0. The molecule has 0 saturated carbocycles. The summed E-state index contributed by atoms with van der Waals surface area (Å²) in [5.41, 5.74) is 0. The molecule has 0 aliphatic heterocycles. The zero-order chi connectivity index (χ0) is 22.5. The van der Waals surface area contributed by atoms with Gasteiger partial charge in [-0.05, 0) is 12.1 Å². The maximum absolute atomic E-state index is 6.57. The molecule has 0 unspecified atom stereocenters. The van der Waals surface area contributed by atoms with Gasteiger partial charge in [0.2, 0.25) is 16.9 Å². The Balaban J connectivity index is 3.11. The van der Waals surface area contributed by atoms with E-state index in [0.29, 0.717) is 0 Å². The maximum Gasteiger partial charge on any atom is 0.248 e. The topological polar surface area (TPSA) is 31.4 Å². The highest BCUT2D eigenvalue weighted by molar-refractivity contribution is 7.48. The molecule has 0 fully saturated rings. The van der Waals surface area contributed by atoms with Crippen LogP contribution in [0.25, 0.3) is 0 Å². The van der Waals surface area contributed by atoms with Crippen LogP contribution in [-0.4, -0.2) is 71.0 Å². The molecule has 0 amide bonds. The minimum Gasteiger partial charge on any atom is -0.444 e. The van der Waals surface area contributed by atoms with Gasteiger partial charge in [0.05, 0.1) is 0 Å². The fourth-order valence-corrected chi connectivity index (χ4v) is 6.94. The molecular weight excluding hydrogens is 414 g/mol. The van der Waals surface area contributed by atoms with Gasteiger partial charge in [-0.2, -0.15) is 0 Å². The van der Waals surface area contributed by atoms with E-state index >= 15 is 0 Å². The first-order valence-corrected chi connectivity index (χ1v) is 13.9. The van der Waals surface area contributed by atoms with E-state index in [9.17, 15) is 0 Å². The third-order valence-corrected chi connectivity index (χ3v) is 10.0. The highest BCUT2D eigenvalue weighted by Gasteiger charge is 2.27. The Morgan fingerprint density at radius 3 is 1.03 bits per heavy atom. The molecule has 1 rings (SSSR count). The number of hydrogen-bond acceptors (Lipinski definition) is 6. The first-order chi connectivity index (χ1) is 14.5. The molecule has 0 N–H and O–H groups in total. The lowest BCUT2D eigenvalue weighted by molar-refractivity contribution is 0.356. The Morgan fingerprint density at radius 1 is 0.533 bits per heavy atom. The van der Waals surface area contributed by atoms with E-state index in [0.717, 1.165) is 63.9 Å². The lowest BCUT2D eigenvalue weighted by Crippen LogP contribution is -2.31. The van der Waals surface area contributed by atoms with Crippen molar-refractivity contribution < 1.29 is 9.05 Å². The Kier molecular flexibility index (Phi) is 14.1. The summed E-state index contributed by atoms with van der Waals surface area (Å²) in [4.78, 5) is 0. The molecule has 0 aliphatic rings. The summed E-state index contributed by atoms with van der Waals surface area (Å²) in [6, 6.07) is 8.20. The van der Waals surface area contributed by atoms with E-state index in [1.165, 1.54) is 0 Å². The fourth-order valence-electron chi connectivity index (χ4n) is 3.23. The molecule has 1 aromatic rings. The van der Waals surface area contributed by atoms with Gasteiger partial charge in [-0.15, -0.1) is 0 Å². The van der Waals surface area contributed by atoms with Crippen LogP contribution in [0.15, 0.2) is 24.3 Å². The SMILES string of the molecule is CCN(CC)P(Oc1cccc(OP(N(CC)CC)N(CC)CC)c1)N(CC)CC. The van der Waals surface area contributed by atoms with Crippen LogP contribution >= 0.6 is 16.9 Å². The van der Waals surface area contributed by atoms with Crippen molar-refractivity contribution in [2.75, 3.05) is 52.4 Å². The van der Waals surface area contributed by atoms with Crippen LogP contribution in [0.2, 0.25) is 0 Å². The Hall–Kier alpha value is -0.480. The molecule has 0 radical (unpaired) electrons. The largest absolute Gasteiger partial charge is 0.444 e. The predicted octanol–water partition coefficient (Wildman–Crippen LogP) is 6.27. The molecule has 0 atom stereocenters. The molecule has 0 aliphatic carbocycles. The van der Waals surface area contributed by atoms with Crippen LogP contribution in [0.4, 0.5) is 0 Å². The van der Waals surface area contributed by atoms with Crippen molar-refractivity contribution in [3.63, 3.8) is 0 Å². The molecule has 0 aromatic heterocycles. The van der Waals surface area contributed by atoms with Gasteiger partial charge in [0.25, 0.3) is 0 Å². The summed E-state index contributed by atoms with van der Waals surface area (Å²) in [6.45, 7) is 25.4. The first kappa shape index (κ1) is 27.6. The summed E-state index contributed by atoms with van der Waals surface area (Å²) in [7, 11) is -1.68. The van der Waals surface area contributed by atoms with Gasteiger partial charge in [-0.1, -0.05) is 61.5 Å². The molecular formula is C22H44N4O2P2. The zero-order valence-corrected chi connectivity index (χ0v) is 22.3. The second kappa shape index (κ2) is 15.3. The predicted molar refractivity (Wildman–Crippen MR) is 133 cm³/mol. The number of rotatable bonds is 16. The molecule has 0 saturated heterocycles. The second-order valence-corrected chi connectivity index (χ2v) is 10.4. The second-order valence-electron chi connectivity index (χ2n) is 6.72. The van der Waals surface area contributed by atoms with Crippen LogP contribution in [0.3, 0.4) is 0 Å². The van der Waals surface area contributed by atoms with Gasteiger partial charge >= 0.3 is 0 Å². The molecule has 0 bridgehead atoms. The van der Waals surface area contributed by atoms with E-state index in [4.69, 9.17) is 9.05 Å². The van der Waals surface area contributed by atoms with E-state index in [1.807, 2.05) is 18.2 Å². The van der Waals surface area contributed by atoms with Crippen LogP contribution in [0, 0.1) is 0 Å². The highest BCUT2D eigenvalue weighted by Crippen LogP contribution is 2.48. The van der Waals surface area contributed by atoms with E-state index in [2.05, 4.69) is 80.1 Å². The number of nitrogens with zero attached hydrogens (tertiary/aromatic N) is 4. The highest BCUT2D eigenvalue weighted by atomic mass is 31.2. The van der Waals surface area contributed by atoms with E-state index in [-0.39, 0.29) is 0 Å². The van der Waals surface area contributed by atoms with Gasteiger partial charge in [-0.25, -0.2) is 18.7 Å². The monoisotopic (exact) mass is 458 g/mol. The van der Waals surface area contributed by atoms with Crippen molar-refractivity contribution in [3.8, 4) is 11.5 Å². The van der Waals surface area contributed by atoms with Crippen molar-refractivity contribution in [2.45, 2.75) is 55.4 Å². The average Bonchev–Trinajstić information content (AvgIpc) is 2.77. The van der Waals surface area contributed by atoms with Crippen LogP contribution in [0.1, 0.15) is 55.4 Å². The summed E-state index contributed by atoms with van der Waals surface area (Å²) in [6.07, 6.45) is 0. The maximum atomic E-state index is 6.57. The molecule has 174 valence electrons. The summed E-state index contributed by atoms with van der Waals surface area (Å²) in [5.74, 6) is 1.76. The van der Waals surface area contributed by atoms with Crippen molar-refractivity contribution in [1.82, 2.24) is 18.7 Å². The minimum atomic E-state index is -0.839. The molecule has 1 aromatic carbocycles. The van der Waals surface area contributed by atoms with Crippen LogP contribution < -0.4 is 9.05 Å². The zero-order valence-electron chi connectivity index (χ0n) is 20.5. The average molecular weight is 459 g/mol. The summed E-state index contributed by atoms with van der Waals surface area (Å²) < 4.78 is 22.8. The molecule has 0 spiro atoms. The molecule has 0 heterocycles. The van der Waals surface area contributed by atoms with Crippen molar-refractivity contribution in [3.05, 3.63) is 24.3 Å². The molecule has 6 nitrogen and oxygen atoms in total.